The van der Waals surface area contributed by atoms with Gasteiger partial charge in [-0.1, -0.05) is 12.2 Å². The van der Waals surface area contributed by atoms with Crippen LogP contribution < -0.4 is 4.90 Å². The number of carbonyl (C=O) groups excluding carboxylic acids is 1. The smallest absolute Gasteiger partial charge is 0.225 e. The normalized spacial score (nSPS) is 9.31. The second-order valence-electron chi connectivity index (χ2n) is 3.55. The van der Waals surface area contributed by atoms with Crippen molar-refractivity contribution in [3.8, 4) is 6.07 Å². The number of aromatic nitrogens is 1. The third-order valence-electron chi connectivity index (χ3n) is 1.97. The Morgan fingerprint density at radius 3 is 2.81 bits per heavy atom. The van der Waals surface area contributed by atoms with E-state index in [-0.39, 0.29) is 5.91 Å². The summed E-state index contributed by atoms with van der Waals surface area (Å²) in [5.41, 5.74) is 1.23. The van der Waals surface area contributed by atoms with Crippen molar-refractivity contribution in [2.75, 3.05) is 11.4 Å². The maximum Gasteiger partial charge on any atom is 0.225 e. The molecule has 0 atom stereocenters. The second kappa shape index (κ2) is 5.08. The lowest BCUT2D eigenvalue weighted by molar-refractivity contribution is -0.116. The number of pyridine rings is 1. The van der Waals surface area contributed by atoms with E-state index in [0.29, 0.717) is 17.9 Å². The highest BCUT2D eigenvalue weighted by atomic mass is 16.2. The fraction of sp³-hybridized carbons (Fsp3) is 0.250. The van der Waals surface area contributed by atoms with Crippen LogP contribution in [0.4, 0.5) is 5.82 Å². The van der Waals surface area contributed by atoms with Crippen molar-refractivity contribution in [2.45, 2.75) is 13.8 Å². The zero-order chi connectivity index (χ0) is 12.1. The molecule has 0 radical (unpaired) electrons. The largest absolute Gasteiger partial charge is 0.292 e. The quantitative estimate of drug-likeness (QED) is 0.723. The number of hydrogen-bond acceptors (Lipinski definition) is 3. The predicted octanol–water partition coefficient (Wildman–Crippen LogP) is 1.88. The summed E-state index contributed by atoms with van der Waals surface area (Å²) in [5, 5.41) is 8.93. The fourth-order valence-electron chi connectivity index (χ4n) is 1.30. The first-order valence-electron chi connectivity index (χ1n) is 4.84. The maximum atomic E-state index is 11.5. The first-order chi connectivity index (χ1) is 7.56. The third-order valence-corrected chi connectivity index (χ3v) is 1.97. The summed E-state index contributed by atoms with van der Waals surface area (Å²) < 4.78 is 0. The Morgan fingerprint density at radius 1 is 1.62 bits per heavy atom. The van der Waals surface area contributed by atoms with Gasteiger partial charge in [-0.15, -0.1) is 0 Å². The number of amides is 1. The van der Waals surface area contributed by atoms with Crippen LogP contribution in [0, 0.1) is 11.3 Å². The SMILES string of the molecule is C=C(C)CN(C(C)=O)c1ncccc1C#N. The standard InChI is InChI=1S/C12H13N3O/c1-9(2)8-15(10(3)16)12-11(7-13)5-4-6-14-12/h4-6H,1,8H2,2-3H3. The molecule has 0 aliphatic heterocycles. The lowest BCUT2D eigenvalue weighted by atomic mass is 10.2. The summed E-state index contributed by atoms with van der Waals surface area (Å²) >= 11 is 0. The van der Waals surface area contributed by atoms with E-state index >= 15 is 0 Å². The van der Waals surface area contributed by atoms with Gasteiger partial charge in [0.1, 0.15) is 6.07 Å². The van der Waals surface area contributed by atoms with Crippen molar-refractivity contribution in [2.24, 2.45) is 0 Å². The van der Waals surface area contributed by atoms with Crippen molar-refractivity contribution in [3.05, 3.63) is 36.0 Å². The number of anilines is 1. The lowest BCUT2D eigenvalue weighted by Crippen LogP contribution is -2.31. The Hall–Kier alpha value is -2.15. The second-order valence-corrected chi connectivity index (χ2v) is 3.55. The van der Waals surface area contributed by atoms with Crippen LogP contribution in [-0.4, -0.2) is 17.4 Å². The molecule has 4 heteroatoms. The molecular weight excluding hydrogens is 202 g/mol. The molecule has 0 aliphatic carbocycles. The molecule has 82 valence electrons. The minimum absolute atomic E-state index is 0.154. The number of nitriles is 1. The molecule has 0 aromatic carbocycles. The van der Waals surface area contributed by atoms with Gasteiger partial charge in [0.15, 0.2) is 5.82 Å². The first-order valence-corrected chi connectivity index (χ1v) is 4.84. The Morgan fingerprint density at radius 2 is 2.31 bits per heavy atom. The molecule has 0 aliphatic rings. The average molecular weight is 215 g/mol. The van der Waals surface area contributed by atoms with E-state index in [0.717, 1.165) is 5.57 Å². The zero-order valence-corrected chi connectivity index (χ0v) is 9.40. The van der Waals surface area contributed by atoms with Gasteiger partial charge in [-0.3, -0.25) is 9.69 Å². The molecule has 0 N–H and O–H groups in total. The highest BCUT2D eigenvalue weighted by Gasteiger charge is 2.16. The molecule has 0 fully saturated rings. The molecule has 4 nitrogen and oxygen atoms in total. The van der Waals surface area contributed by atoms with E-state index in [1.165, 1.54) is 11.8 Å². The van der Waals surface area contributed by atoms with E-state index in [4.69, 9.17) is 5.26 Å². The van der Waals surface area contributed by atoms with Gasteiger partial charge in [0.05, 0.1) is 5.56 Å². The first kappa shape index (κ1) is 11.9. The van der Waals surface area contributed by atoms with Gasteiger partial charge in [-0.05, 0) is 19.1 Å². The van der Waals surface area contributed by atoms with E-state index in [9.17, 15) is 4.79 Å². The van der Waals surface area contributed by atoms with Crippen molar-refractivity contribution < 1.29 is 4.79 Å². The average Bonchev–Trinajstić information content (AvgIpc) is 2.25. The van der Waals surface area contributed by atoms with Gasteiger partial charge >= 0.3 is 0 Å². The Bertz CT molecular complexity index is 460. The number of rotatable bonds is 3. The van der Waals surface area contributed by atoms with Gasteiger partial charge in [0.2, 0.25) is 5.91 Å². The van der Waals surface area contributed by atoms with E-state index in [2.05, 4.69) is 11.6 Å². The molecule has 0 saturated carbocycles. The van der Waals surface area contributed by atoms with Gasteiger partial charge in [-0.2, -0.15) is 5.26 Å². The lowest BCUT2D eigenvalue weighted by Gasteiger charge is -2.20. The van der Waals surface area contributed by atoms with E-state index < -0.39 is 0 Å². The van der Waals surface area contributed by atoms with Crippen LogP contribution in [0.2, 0.25) is 0 Å². The fourth-order valence-corrected chi connectivity index (χ4v) is 1.30. The summed E-state index contributed by atoms with van der Waals surface area (Å²) in [7, 11) is 0. The van der Waals surface area contributed by atoms with Gasteiger partial charge < -0.3 is 0 Å². The van der Waals surface area contributed by atoms with Crippen molar-refractivity contribution in [1.29, 1.82) is 5.26 Å². The molecule has 0 saturated heterocycles. The third kappa shape index (κ3) is 2.67. The molecule has 1 amide bonds. The zero-order valence-electron chi connectivity index (χ0n) is 9.40. The molecule has 16 heavy (non-hydrogen) atoms. The Kier molecular flexibility index (Phi) is 3.78. The molecule has 1 aromatic rings. The molecule has 0 spiro atoms. The summed E-state index contributed by atoms with van der Waals surface area (Å²) in [4.78, 5) is 17.0. The van der Waals surface area contributed by atoms with E-state index in [1.807, 2.05) is 13.0 Å². The van der Waals surface area contributed by atoms with Crippen LogP contribution in [0.25, 0.3) is 0 Å². The predicted molar refractivity (Wildman–Crippen MR) is 61.8 cm³/mol. The van der Waals surface area contributed by atoms with Crippen LogP contribution in [-0.2, 0) is 4.79 Å². The summed E-state index contributed by atoms with van der Waals surface area (Å²) in [6, 6.07) is 5.32. The van der Waals surface area contributed by atoms with Crippen molar-refractivity contribution >= 4 is 11.7 Å². The van der Waals surface area contributed by atoms with Gasteiger partial charge in [-0.25, -0.2) is 4.98 Å². The van der Waals surface area contributed by atoms with Gasteiger partial charge in [0, 0.05) is 19.7 Å². The minimum Gasteiger partial charge on any atom is -0.292 e. The minimum atomic E-state index is -0.154. The molecule has 1 heterocycles. The van der Waals surface area contributed by atoms with Crippen LogP contribution in [0.5, 0.6) is 0 Å². The molecule has 1 aromatic heterocycles. The van der Waals surface area contributed by atoms with Gasteiger partial charge in [0.25, 0.3) is 0 Å². The summed E-state index contributed by atoms with van der Waals surface area (Å²) in [6.45, 7) is 7.40. The topological polar surface area (TPSA) is 57.0 Å². The molecule has 1 rings (SSSR count). The van der Waals surface area contributed by atoms with Crippen molar-refractivity contribution in [1.82, 2.24) is 4.98 Å². The highest BCUT2D eigenvalue weighted by molar-refractivity contribution is 5.92. The Labute approximate surface area is 94.8 Å². The number of nitrogens with zero attached hydrogens (tertiary/aromatic N) is 3. The Balaban J connectivity index is 3.16. The van der Waals surface area contributed by atoms with E-state index in [1.54, 1.807) is 18.3 Å². The van der Waals surface area contributed by atoms with Crippen LogP contribution in [0.1, 0.15) is 19.4 Å². The van der Waals surface area contributed by atoms with Crippen molar-refractivity contribution in [3.63, 3.8) is 0 Å². The number of carbonyl (C=O) groups is 1. The summed E-state index contributed by atoms with van der Waals surface area (Å²) in [5.74, 6) is 0.235. The van der Waals surface area contributed by atoms with Crippen LogP contribution in [0.15, 0.2) is 30.5 Å². The monoisotopic (exact) mass is 215 g/mol. The molecular formula is C12H13N3O. The van der Waals surface area contributed by atoms with Crippen LogP contribution >= 0.6 is 0 Å². The summed E-state index contributed by atoms with van der Waals surface area (Å²) in [6.07, 6.45) is 1.56. The number of hydrogen-bond donors (Lipinski definition) is 0. The molecule has 0 bridgehead atoms. The maximum absolute atomic E-state index is 11.5. The molecule has 0 unspecified atom stereocenters. The van der Waals surface area contributed by atoms with Crippen LogP contribution in [0.3, 0.4) is 0 Å². The highest BCUT2D eigenvalue weighted by Crippen LogP contribution is 2.17.